The summed E-state index contributed by atoms with van der Waals surface area (Å²) in [5.41, 5.74) is 5.99. The molecule has 1 heterocycles. The SMILES string of the molecule is NC(=O)CC(NC(=O)NCCc1ccsc1)C(=O)O. The van der Waals surface area contributed by atoms with Gasteiger partial charge in [-0.25, -0.2) is 9.59 Å². The van der Waals surface area contributed by atoms with Crippen molar-refractivity contribution in [1.29, 1.82) is 0 Å². The van der Waals surface area contributed by atoms with Gasteiger partial charge in [-0.1, -0.05) is 0 Å². The molecule has 0 bridgehead atoms. The molecule has 0 fully saturated rings. The Labute approximate surface area is 113 Å². The Morgan fingerprint density at radius 1 is 1.42 bits per heavy atom. The Balaban J connectivity index is 2.32. The maximum Gasteiger partial charge on any atom is 0.326 e. The van der Waals surface area contributed by atoms with Crippen molar-refractivity contribution < 1.29 is 19.5 Å². The molecule has 1 unspecified atom stereocenters. The van der Waals surface area contributed by atoms with Gasteiger partial charge in [-0.2, -0.15) is 11.3 Å². The molecule has 0 spiro atoms. The fraction of sp³-hybridized carbons (Fsp3) is 0.364. The third-order valence-corrected chi connectivity index (χ3v) is 3.02. The molecule has 5 N–H and O–H groups in total. The fourth-order valence-corrected chi connectivity index (χ4v) is 2.07. The molecule has 1 aromatic heterocycles. The summed E-state index contributed by atoms with van der Waals surface area (Å²) in [5, 5.41) is 17.4. The van der Waals surface area contributed by atoms with Gasteiger partial charge in [-0.3, -0.25) is 4.79 Å². The van der Waals surface area contributed by atoms with E-state index in [1.165, 1.54) is 0 Å². The van der Waals surface area contributed by atoms with Crippen LogP contribution in [-0.2, 0) is 16.0 Å². The highest BCUT2D eigenvalue weighted by Crippen LogP contribution is 2.05. The summed E-state index contributed by atoms with van der Waals surface area (Å²) < 4.78 is 0. The van der Waals surface area contributed by atoms with Crippen LogP contribution >= 0.6 is 11.3 Å². The molecule has 1 aromatic rings. The number of aliphatic carboxylic acids is 1. The van der Waals surface area contributed by atoms with E-state index >= 15 is 0 Å². The minimum atomic E-state index is -1.31. The van der Waals surface area contributed by atoms with Gasteiger partial charge in [-0.15, -0.1) is 0 Å². The van der Waals surface area contributed by atoms with Gasteiger partial charge in [0.15, 0.2) is 0 Å². The first kappa shape index (κ1) is 15.0. The number of amides is 3. The third-order valence-electron chi connectivity index (χ3n) is 2.29. The van der Waals surface area contributed by atoms with Crippen LogP contribution in [0.5, 0.6) is 0 Å². The number of carbonyl (C=O) groups is 3. The van der Waals surface area contributed by atoms with Crippen LogP contribution in [0, 0.1) is 0 Å². The number of hydrogen-bond acceptors (Lipinski definition) is 4. The second-order valence-electron chi connectivity index (χ2n) is 3.84. The lowest BCUT2D eigenvalue weighted by atomic mass is 10.2. The lowest BCUT2D eigenvalue weighted by Crippen LogP contribution is -2.48. The summed E-state index contributed by atoms with van der Waals surface area (Å²) in [6, 6.07) is -0.000246. The zero-order valence-corrected chi connectivity index (χ0v) is 10.9. The van der Waals surface area contributed by atoms with Crippen LogP contribution in [0.2, 0.25) is 0 Å². The zero-order valence-electron chi connectivity index (χ0n) is 10.1. The van der Waals surface area contributed by atoms with E-state index in [4.69, 9.17) is 10.8 Å². The standard InChI is InChI=1S/C11H15N3O4S/c12-9(15)5-8(10(16)17)14-11(18)13-3-1-7-2-4-19-6-7/h2,4,6,8H,1,3,5H2,(H2,12,15)(H,16,17)(H2,13,14,18). The van der Waals surface area contributed by atoms with E-state index in [0.717, 1.165) is 5.56 Å². The van der Waals surface area contributed by atoms with Crippen molar-refractivity contribution in [3.63, 3.8) is 0 Å². The molecule has 19 heavy (non-hydrogen) atoms. The number of rotatable bonds is 7. The van der Waals surface area contributed by atoms with Gasteiger partial charge in [0.25, 0.3) is 0 Å². The minimum Gasteiger partial charge on any atom is -0.480 e. The van der Waals surface area contributed by atoms with Crippen molar-refractivity contribution in [2.24, 2.45) is 5.73 Å². The van der Waals surface area contributed by atoms with Crippen molar-refractivity contribution in [2.75, 3.05) is 6.54 Å². The van der Waals surface area contributed by atoms with E-state index < -0.39 is 30.4 Å². The first-order valence-electron chi connectivity index (χ1n) is 5.55. The van der Waals surface area contributed by atoms with Gasteiger partial charge >= 0.3 is 12.0 Å². The molecule has 0 aliphatic rings. The molecule has 0 aliphatic heterocycles. The summed E-state index contributed by atoms with van der Waals surface area (Å²) in [7, 11) is 0. The van der Waals surface area contributed by atoms with Crippen LogP contribution in [0.1, 0.15) is 12.0 Å². The van der Waals surface area contributed by atoms with E-state index in [1.807, 2.05) is 16.8 Å². The highest BCUT2D eigenvalue weighted by molar-refractivity contribution is 7.07. The molecule has 1 rings (SSSR count). The summed E-state index contributed by atoms with van der Waals surface area (Å²) in [6.07, 6.45) is 0.220. The highest BCUT2D eigenvalue weighted by atomic mass is 32.1. The summed E-state index contributed by atoms with van der Waals surface area (Å²) in [6.45, 7) is 0.380. The van der Waals surface area contributed by atoms with Crippen LogP contribution in [-0.4, -0.2) is 35.6 Å². The maximum absolute atomic E-state index is 11.4. The largest absolute Gasteiger partial charge is 0.480 e. The van der Waals surface area contributed by atoms with E-state index in [9.17, 15) is 14.4 Å². The van der Waals surface area contributed by atoms with Crippen molar-refractivity contribution in [3.8, 4) is 0 Å². The number of carboxylic acid groups (broad SMARTS) is 1. The Kier molecular flexibility index (Phi) is 5.80. The number of primary amides is 1. The van der Waals surface area contributed by atoms with Crippen LogP contribution in [0.3, 0.4) is 0 Å². The van der Waals surface area contributed by atoms with Crippen LogP contribution in [0.15, 0.2) is 16.8 Å². The van der Waals surface area contributed by atoms with Gasteiger partial charge in [-0.05, 0) is 28.8 Å². The highest BCUT2D eigenvalue weighted by Gasteiger charge is 2.21. The summed E-state index contributed by atoms with van der Waals surface area (Å²) in [5.74, 6) is -2.09. The smallest absolute Gasteiger partial charge is 0.326 e. The minimum absolute atomic E-state index is 0.380. The third kappa shape index (κ3) is 5.87. The molecular weight excluding hydrogens is 270 g/mol. The Hall–Kier alpha value is -2.09. The number of urea groups is 1. The quantitative estimate of drug-likeness (QED) is 0.559. The fourth-order valence-electron chi connectivity index (χ4n) is 1.37. The molecular formula is C11H15N3O4S. The number of nitrogens with two attached hydrogens (primary N) is 1. The normalized spacial score (nSPS) is 11.6. The maximum atomic E-state index is 11.4. The van der Waals surface area contributed by atoms with E-state index in [1.54, 1.807) is 11.3 Å². The molecule has 104 valence electrons. The zero-order chi connectivity index (χ0) is 14.3. The molecule has 0 aromatic carbocycles. The van der Waals surface area contributed by atoms with Crippen LogP contribution in [0.25, 0.3) is 0 Å². The summed E-state index contributed by atoms with van der Waals surface area (Å²) >= 11 is 1.56. The average molecular weight is 285 g/mol. The number of carbonyl (C=O) groups excluding carboxylic acids is 2. The van der Waals surface area contributed by atoms with E-state index in [-0.39, 0.29) is 0 Å². The second-order valence-corrected chi connectivity index (χ2v) is 4.62. The van der Waals surface area contributed by atoms with Crippen LogP contribution < -0.4 is 16.4 Å². The molecule has 0 saturated heterocycles. The molecule has 1 atom stereocenters. The molecule has 8 heteroatoms. The van der Waals surface area contributed by atoms with Crippen LogP contribution in [0.4, 0.5) is 4.79 Å². The van der Waals surface area contributed by atoms with Crippen molar-refractivity contribution >= 4 is 29.2 Å². The monoisotopic (exact) mass is 285 g/mol. The molecule has 3 amide bonds. The predicted molar refractivity (Wildman–Crippen MR) is 69.8 cm³/mol. The lowest BCUT2D eigenvalue weighted by Gasteiger charge is -2.13. The number of carboxylic acids is 1. The second kappa shape index (κ2) is 7.37. The topological polar surface area (TPSA) is 122 Å². The molecule has 0 radical (unpaired) electrons. The number of thiophene rings is 1. The lowest BCUT2D eigenvalue weighted by molar-refractivity contribution is -0.140. The van der Waals surface area contributed by atoms with Gasteiger partial charge in [0.2, 0.25) is 5.91 Å². The van der Waals surface area contributed by atoms with Crippen molar-refractivity contribution in [2.45, 2.75) is 18.9 Å². The van der Waals surface area contributed by atoms with Crippen molar-refractivity contribution in [1.82, 2.24) is 10.6 Å². The Bertz CT molecular complexity index is 447. The Morgan fingerprint density at radius 2 is 2.16 bits per heavy atom. The molecule has 7 nitrogen and oxygen atoms in total. The predicted octanol–water partition coefficient (Wildman–Crippen LogP) is -0.0816. The first-order chi connectivity index (χ1) is 8.99. The van der Waals surface area contributed by atoms with Gasteiger partial charge < -0.3 is 21.5 Å². The number of hydrogen-bond donors (Lipinski definition) is 4. The van der Waals surface area contributed by atoms with Gasteiger partial charge in [0.05, 0.1) is 6.42 Å². The average Bonchev–Trinajstić information content (AvgIpc) is 2.80. The van der Waals surface area contributed by atoms with Gasteiger partial charge in [0.1, 0.15) is 6.04 Å². The van der Waals surface area contributed by atoms with Crippen molar-refractivity contribution in [3.05, 3.63) is 22.4 Å². The van der Waals surface area contributed by atoms with E-state index in [0.29, 0.717) is 13.0 Å². The summed E-state index contributed by atoms with van der Waals surface area (Å²) in [4.78, 5) is 32.9. The molecule has 0 saturated carbocycles. The number of nitrogens with one attached hydrogen (secondary N) is 2. The molecule has 0 aliphatic carbocycles. The van der Waals surface area contributed by atoms with E-state index in [2.05, 4.69) is 10.6 Å². The van der Waals surface area contributed by atoms with Gasteiger partial charge in [0, 0.05) is 6.54 Å². The Morgan fingerprint density at radius 3 is 2.68 bits per heavy atom. The first-order valence-corrected chi connectivity index (χ1v) is 6.50.